The first-order valence-electron chi connectivity index (χ1n) is 7.91. The van der Waals surface area contributed by atoms with Crippen LogP contribution in [0, 0.1) is 0 Å². The summed E-state index contributed by atoms with van der Waals surface area (Å²) in [6.45, 7) is 5.15. The molecule has 0 saturated heterocycles. The van der Waals surface area contributed by atoms with Gasteiger partial charge in [0.05, 0.1) is 5.39 Å². The van der Waals surface area contributed by atoms with E-state index in [1.807, 2.05) is 6.07 Å². The number of nitrogens with zero attached hydrogens (tertiary/aromatic N) is 1. The van der Waals surface area contributed by atoms with Crippen molar-refractivity contribution in [2.24, 2.45) is 0 Å². The van der Waals surface area contributed by atoms with E-state index < -0.39 is 17.7 Å². The Morgan fingerprint density at radius 2 is 2.04 bits per heavy atom. The predicted molar refractivity (Wildman–Crippen MR) is 87.4 cm³/mol. The number of rotatable bonds is 3. The van der Waals surface area contributed by atoms with Gasteiger partial charge in [-0.3, -0.25) is 5.32 Å². The van der Waals surface area contributed by atoms with Crippen LogP contribution in [0.3, 0.4) is 0 Å². The fraction of sp³-hybridized carbons (Fsp3) is 0.471. The summed E-state index contributed by atoms with van der Waals surface area (Å²) in [5.41, 5.74) is 0.282. The lowest BCUT2D eigenvalue weighted by Gasteiger charge is -2.24. The van der Waals surface area contributed by atoms with Gasteiger partial charge in [0.25, 0.3) is 0 Å². The van der Waals surface area contributed by atoms with Gasteiger partial charge >= 0.3 is 12.1 Å². The lowest BCUT2D eigenvalue weighted by atomic mass is 9.82. The molecular weight excluding hydrogens is 312 g/mol. The SMILES string of the molecule is CC(C)(C)OC(=O)Nc1oc2nc(C3CCC3)ccc2c1C(=O)O. The molecule has 1 fully saturated rings. The third-order valence-corrected chi connectivity index (χ3v) is 3.93. The van der Waals surface area contributed by atoms with Gasteiger partial charge in [0.15, 0.2) is 0 Å². The molecule has 0 atom stereocenters. The summed E-state index contributed by atoms with van der Waals surface area (Å²) < 4.78 is 10.6. The third-order valence-electron chi connectivity index (χ3n) is 3.93. The number of fused-ring (bicyclic) bond motifs is 1. The number of carbonyl (C=O) groups excluding carboxylic acids is 1. The highest BCUT2D eigenvalue weighted by Gasteiger charge is 2.27. The fourth-order valence-electron chi connectivity index (χ4n) is 2.62. The highest BCUT2D eigenvalue weighted by Crippen LogP contribution is 2.37. The van der Waals surface area contributed by atoms with Crippen molar-refractivity contribution in [3.05, 3.63) is 23.4 Å². The number of amides is 1. The van der Waals surface area contributed by atoms with Gasteiger partial charge < -0.3 is 14.3 Å². The average Bonchev–Trinajstić information content (AvgIpc) is 2.71. The molecule has 1 amide bonds. The molecule has 0 radical (unpaired) electrons. The molecule has 2 N–H and O–H groups in total. The lowest BCUT2D eigenvalue weighted by molar-refractivity contribution is 0.0633. The van der Waals surface area contributed by atoms with Crippen molar-refractivity contribution >= 4 is 29.0 Å². The summed E-state index contributed by atoms with van der Waals surface area (Å²) >= 11 is 0. The molecule has 2 aromatic rings. The maximum absolute atomic E-state index is 11.9. The van der Waals surface area contributed by atoms with Crippen LogP contribution in [0.5, 0.6) is 0 Å². The molecule has 3 rings (SSSR count). The summed E-state index contributed by atoms with van der Waals surface area (Å²) in [4.78, 5) is 27.9. The van der Waals surface area contributed by atoms with Crippen molar-refractivity contribution in [3.63, 3.8) is 0 Å². The van der Waals surface area contributed by atoms with Crippen LogP contribution in [0.25, 0.3) is 11.1 Å². The number of hydrogen-bond acceptors (Lipinski definition) is 5. The van der Waals surface area contributed by atoms with Crippen LogP contribution in [0.2, 0.25) is 0 Å². The Bertz CT molecular complexity index is 799. The Labute approximate surface area is 139 Å². The molecule has 0 unspecified atom stereocenters. The topological polar surface area (TPSA) is 102 Å². The third kappa shape index (κ3) is 3.20. The van der Waals surface area contributed by atoms with E-state index in [0.717, 1.165) is 18.5 Å². The minimum Gasteiger partial charge on any atom is -0.477 e. The highest BCUT2D eigenvalue weighted by molar-refractivity contribution is 6.08. The van der Waals surface area contributed by atoms with E-state index in [1.165, 1.54) is 6.42 Å². The molecule has 1 aliphatic rings. The van der Waals surface area contributed by atoms with Crippen LogP contribution in [0.1, 0.15) is 62.0 Å². The monoisotopic (exact) mass is 332 g/mol. The summed E-state index contributed by atoms with van der Waals surface area (Å²) in [6.07, 6.45) is 2.56. The largest absolute Gasteiger partial charge is 0.477 e. The first kappa shape index (κ1) is 16.3. The van der Waals surface area contributed by atoms with Crippen LogP contribution in [-0.2, 0) is 4.74 Å². The fourth-order valence-corrected chi connectivity index (χ4v) is 2.62. The quantitative estimate of drug-likeness (QED) is 0.876. The molecule has 1 aliphatic carbocycles. The lowest BCUT2D eigenvalue weighted by Crippen LogP contribution is -2.27. The van der Waals surface area contributed by atoms with Crippen molar-refractivity contribution in [2.45, 2.75) is 51.6 Å². The number of pyridine rings is 1. The normalized spacial score (nSPS) is 15.1. The Balaban J connectivity index is 1.95. The number of aromatic nitrogens is 1. The Hall–Kier alpha value is -2.57. The molecule has 7 heteroatoms. The summed E-state index contributed by atoms with van der Waals surface area (Å²) in [7, 11) is 0. The van der Waals surface area contributed by atoms with E-state index in [2.05, 4.69) is 10.3 Å². The van der Waals surface area contributed by atoms with Crippen molar-refractivity contribution in [1.29, 1.82) is 0 Å². The molecule has 24 heavy (non-hydrogen) atoms. The molecule has 128 valence electrons. The van der Waals surface area contributed by atoms with E-state index in [1.54, 1.807) is 26.8 Å². The van der Waals surface area contributed by atoms with Gasteiger partial charge in [0.2, 0.25) is 11.6 Å². The van der Waals surface area contributed by atoms with Crippen LogP contribution in [0.4, 0.5) is 10.7 Å². The second-order valence-electron chi connectivity index (χ2n) is 6.95. The maximum atomic E-state index is 11.9. The zero-order valence-electron chi connectivity index (χ0n) is 13.9. The van der Waals surface area contributed by atoms with Gasteiger partial charge in [0.1, 0.15) is 11.2 Å². The maximum Gasteiger partial charge on any atom is 0.414 e. The summed E-state index contributed by atoms with van der Waals surface area (Å²) in [5.74, 6) is -0.960. The molecule has 2 aromatic heterocycles. The van der Waals surface area contributed by atoms with Crippen molar-refractivity contribution < 1.29 is 23.8 Å². The van der Waals surface area contributed by atoms with Crippen LogP contribution in [0.15, 0.2) is 16.5 Å². The number of nitrogens with one attached hydrogen (secondary N) is 1. The molecule has 0 aliphatic heterocycles. The number of furan rings is 1. The number of ether oxygens (including phenoxy) is 1. The van der Waals surface area contributed by atoms with Crippen molar-refractivity contribution in [2.75, 3.05) is 5.32 Å². The average molecular weight is 332 g/mol. The van der Waals surface area contributed by atoms with Gasteiger partial charge in [0, 0.05) is 11.6 Å². The predicted octanol–water partition coefficient (Wildman–Crippen LogP) is 4.14. The minimum atomic E-state index is -1.20. The first-order chi connectivity index (χ1) is 11.2. The molecule has 1 saturated carbocycles. The molecule has 0 bridgehead atoms. The number of hydrogen-bond donors (Lipinski definition) is 2. The van der Waals surface area contributed by atoms with Gasteiger partial charge in [-0.15, -0.1) is 0 Å². The Morgan fingerprint density at radius 3 is 2.58 bits per heavy atom. The number of aromatic carboxylic acids is 1. The molecule has 0 spiro atoms. The standard InChI is InChI=1S/C17H20N2O5/c1-17(2,3)24-16(22)19-14-12(15(20)21)10-7-8-11(9-5-4-6-9)18-13(10)23-14/h7-9H,4-6H2,1-3H3,(H,19,22)(H,20,21). The van der Waals surface area contributed by atoms with E-state index in [0.29, 0.717) is 11.3 Å². The van der Waals surface area contributed by atoms with Crippen LogP contribution in [-0.4, -0.2) is 27.8 Å². The molecule has 7 nitrogen and oxygen atoms in total. The zero-order valence-corrected chi connectivity index (χ0v) is 13.9. The van der Waals surface area contributed by atoms with Crippen LogP contribution < -0.4 is 5.32 Å². The number of carbonyl (C=O) groups is 2. The number of anilines is 1. The number of carboxylic acids is 1. The van der Waals surface area contributed by atoms with E-state index >= 15 is 0 Å². The summed E-state index contributed by atoms with van der Waals surface area (Å²) in [5, 5.41) is 12.2. The number of carboxylic acid groups (broad SMARTS) is 1. The minimum absolute atomic E-state index is 0.122. The Kier molecular flexibility index (Phi) is 3.95. The van der Waals surface area contributed by atoms with Gasteiger partial charge in [-0.1, -0.05) is 6.42 Å². The van der Waals surface area contributed by atoms with E-state index in [-0.39, 0.29) is 17.2 Å². The van der Waals surface area contributed by atoms with Gasteiger partial charge in [-0.25, -0.2) is 14.6 Å². The van der Waals surface area contributed by atoms with Gasteiger partial charge in [-0.05, 0) is 45.7 Å². The van der Waals surface area contributed by atoms with E-state index in [9.17, 15) is 14.7 Å². The second kappa shape index (κ2) is 5.81. The molecule has 2 heterocycles. The smallest absolute Gasteiger partial charge is 0.414 e. The molecule has 0 aromatic carbocycles. The second-order valence-corrected chi connectivity index (χ2v) is 6.95. The van der Waals surface area contributed by atoms with Gasteiger partial charge in [-0.2, -0.15) is 0 Å². The zero-order chi connectivity index (χ0) is 17.5. The highest BCUT2D eigenvalue weighted by atomic mass is 16.6. The van der Waals surface area contributed by atoms with E-state index in [4.69, 9.17) is 9.15 Å². The summed E-state index contributed by atoms with van der Waals surface area (Å²) in [6, 6.07) is 3.51. The molecular formula is C17H20N2O5. The Morgan fingerprint density at radius 1 is 1.33 bits per heavy atom. The van der Waals surface area contributed by atoms with Crippen molar-refractivity contribution in [3.8, 4) is 0 Å². The van der Waals surface area contributed by atoms with Crippen molar-refractivity contribution in [1.82, 2.24) is 4.98 Å². The van der Waals surface area contributed by atoms with Crippen LogP contribution >= 0.6 is 0 Å². The first-order valence-corrected chi connectivity index (χ1v) is 7.91.